The Morgan fingerprint density at radius 2 is 1.75 bits per heavy atom. The van der Waals surface area contributed by atoms with Gasteiger partial charge in [-0.2, -0.15) is 0 Å². The van der Waals surface area contributed by atoms with E-state index in [1.54, 1.807) is 13.8 Å². The lowest BCUT2D eigenvalue weighted by Gasteiger charge is -2.67. The summed E-state index contributed by atoms with van der Waals surface area (Å²) >= 11 is 0. The van der Waals surface area contributed by atoms with Gasteiger partial charge in [-0.15, -0.1) is 0 Å². The van der Waals surface area contributed by atoms with Gasteiger partial charge in [-0.1, -0.05) is 33.8 Å². The van der Waals surface area contributed by atoms with E-state index in [-0.39, 0.29) is 51.2 Å². The molecular weight excluding hydrogens is 456 g/mol. The van der Waals surface area contributed by atoms with Crippen LogP contribution in [0, 0.1) is 50.7 Å². The molecule has 6 rings (SSSR count). The van der Waals surface area contributed by atoms with E-state index in [0.29, 0.717) is 12.3 Å². The van der Waals surface area contributed by atoms with Crippen molar-refractivity contribution in [3.05, 3.63) is 12.2 Å². The molecular formula is C30H44O6. The Morgan fingerprint density at radius 3 is 2.42 bits per heavy atom. The number of ether oxygens (including phenoxy) is 2. The summed E-state index contributed by atoms with van der Waals surface area (Å²) in [5.74, 6) is 0.829. The number of rotatable bonds is 2. The number of esters is 1. The average molecular weight is 501 g/mol. The van der Waals surface area contributed by atoms with E-state index in [4.69, 9.17) is 9.47 Å². The molecule has 6 nitrogen and oxygen atoms in total. The van der Waals surface area contributed by atoms with Crippen LogP contribution in [0.1, 0.15) is 87.0 Å². The highest BCUT2D eigenvalue weighted by molar-refractivity contribution is 5.96. The predicted molar refractivity (Wildman–Crippen MR) is 133 cm³/mol. The smallest absolute Gasteiger partial charge is 0.314 e. The van der Waals surface area contributed by atoms with Crippen molar-refractivity contribution in [1.82, 2.24) is 0 Å². The van der Waals surface area contributed by atoms with Crippen molar-refractivity contribution in [2.24, 2.45) is 50.7 Å². The minimum atomic E-state index is -1.30. The topological polar surface area (TPSA) is 93.1 Å². The first-order valence-corrected chi connectivity index (χ1v) is 14.1. The van der Waals surface area contributed by atoms with E-state index >= 15 is 0 Å². The maximum absolute atomic E-state index is 14.1. The third-order valence-electron chi connectivity index (χ3n) is 12.7. The van der Waals surface area contributed by atoms with Crippen molar-refractivity contribution in [3.8, 4) is 0 Å². The van der Waals surface area contributed by atoms with E-state index in [1.807, 2.05) is 6.08 Å². The third-order valence-corrected chi connectivity index (χ3v) is 12.7. The number of fused-ring (bicyclic) bond motifs is 4. The Balaban J connectivity index is 1.36. The quantitative estimate of drug-likeness (QED) is 0.546. The molecule has 2 saturated heterocycles. The number of carbonyl (C=O) groups is 2. The molecule has 0 aromatic heterocycles. The van der Waals surface area contributed by atoms with Crippen molar-refractivity contribution < 1.29 is 29.3 Å². The van der Waals surface area contributed by atoms with Gasteiger partial charge in [0.05, 0.1) is 17.1 Å². The zero-order valence-electron chi connectivity index (χ0n) is 23.0. The Hall–Kier alpha value is -1.24. The van der Waals surface area contributed by atoms with Crippen molar-refractivity contribution in [2.75, 3.05) is 0 Å². The lowest BCUT2D eigenvalue weighted by atomic mass is 9.39. The van der Waals surface area contributed by atoms with Crippen molar-refractivity contribution in [2.45, 2.75) is 111 Å². The molecule has 11 atom stereocenters. The fraction of sp³-hybridized carbons (Fsp3) is 0.867. The number of aliphatic hydroxyl groups excluding tert-OH is 1. The molecule has 2 aliphatic heterocycles. The Morgan fingerprint density at radius 1 is 1.08 bits per heavy atom. The lowest BCUT2D eigenvalue weighted by molar-refractivity contribution is -0.325. The Bertz CT molecular complexity index is 1040. The van der Waals surface area contributed by atoms with Gasteiger partial charge in [-0.3, -0.25) is 9.59 Å². The fourth-order valence-electron chi connectivity index (χ4n) is 10.6. The molecule has 0 aromatic carbocycles. The minimum Gasteiger partial charge on any atom is -0.435 e. The molecule has 6 aliphatic rings. The second-order valence-electron chi connectivity index (χ2n) is 14.9. The van der Waals surface area contributed by atoms with Gasteiger partial charge < -0.3 is 19.7 Å². The van der Waals surface area contributed by atoms with Gasteiger partial charge in [0, 0.05) is 11.3 Å². The number of aliphatic hydroxyl groups is 2. The second kappa shape index (κ2) is 7.04. The predicted octanol–water partition coefficient (Wildman–Crippen LogP) is 4.42. The third kappa shape index (κ3) is 2.69. The molecule has 0 bridgehead atoms. The molecule has 0 radical (unpaired) electrons. The van der Waals surface area contributed by atoms with Gasteiger partial charge in [0.25, 0.3) is 0 Å². The van der Waals surface area contributed by atoms with Crippen LogP contribution in [0.4, 0.5) is 0 Å². The molecule has 0 aromatic rings. The number of hydrogen-bond acceptors (Lipinski definition) is 6. The first-order chi connectivity index (χ1) is 16.6. The normalized spacial score (nSPS) is 53.7. The number of allylic oxidation sites excluding steroid dienone is 2. The van der Waals surface area contributed by atoms with Crippen LogP contribution in [0.2, 0.25) is 0 Å². The maximum Gasteiger partial charge on any atom is 0.314 e. The molecule has 4 aliphatic carbocycles. The zero-order chi connectivity index (χ0) is 26.3. The molecule has 2 N–H and O–H groups in total. The van der Waals surface area contributed by atoms with Gasteiger partial charge in [-0.05, 0) is 99.4 Å². The summed E-state index contributed by atoms with van der Waals surface area (Å²) in [4.78, 5) is 26.9. The average Bonchev–Trinajstić information content (AvgIpc) is 3.45. The first-order valence-electron chi connectivity index (χ1n) is 14.1. The highest BCUT2D eigenvalue weighted by Crippen LogP contribution is 2.87. The molecule has 200 valence electrons. The summed E-state index contributed by atoms with van der Waals surface area (Å²) in [6.07, 6.45) is 7.34. The van der Waals surface area contributed by atoms with E-state index < -0.39 is 29.5 Å². The van der Waals surface area contributed by atoms with Crippen LogP contribution in [-0.2, 0) is 19.1 Å². The van der Waals surface area contributed by atoms with Crippen LogP contribution in [0.25, 0.3) is 0 Å². The van der Waals surface area contributed by atoms with E-state index in [1.165, 1.54) is 0 Å². The molecule has 0 unspecified atom stereocenters. The summed E-state index contributed by atoms with van der Waals surface area (Å²) in [6, 6.07) is 0. The van der Waals surface area contributed by atoms with E-state index in [0.717, 1.165) is 32.1 Å². The van der Waals surface area contributed by atoms with Crippen LogP contribution < -0.4 is 0 Å². The van der Waals surface area contributed by atoms with Crippen LogP contribution in [0.3, 0.4) is 0 Å². The number of hydrogen-bond donors (Lipinski definition) is 2. The highest BCUT2D eigenvalue weighted by Gasteiger charge is 2.83. The summed E-state index contributed by atoms with van der Waals surface area (Å²) < 4.78 is 12.4. The van der Waals surface area contributed by atoms with E-state index in [9.17, 15) is 19.8 Å². The molecule has 0 amide bonds. The lowest BCUT2D eigenvalue weighted by Crippen LogP contribution is -2.69. The van der Waals surface area contributed by atoms with E-state index in [2.05, 4.69) is 40.7 Å². The monoisotopic (exact) mass is 500 g/mol. The number of ketones is 1. The van der Waals surface area contributed by atoms with Gasteiger partial charge in [0.2, 0.25) is 6.29 Å². The number of carbonyl (C=O) groups excluding carboxylic acids is 2. The summed E-state index contributed by atoms with van der Waals surface area (Å²) in [6.45, 7) is 14.0. The maximum atomic E-state index is 14.1. The van der Waals surface area contributed by atoms with Gasteiger partial charge in [0.1, 0.15) is 6.10 Å². The molecule has 6 heteroatoms. The molecule has 36 heavy (non-hydrogen) atoms. The molecule has 2 spiro atoms. The summed E-state index contributed by atoms with van der Waals surface area (Å²) in [7, 11) is 0. The van der Waals surface area contributed by atoms with Crippen LogP contribution >= 0.6 is 0 Å². The van der Waals surface area contributed by atoms with Crippen LogP contribution in [-0.4, -0.2) is 46.1 Å². The largest absolute Gasteiger partial charge is 0.435 e. The SMILES string of the molecule is C[C@@H]1C[C@H]([C@H](O)C(C)(C)O)O[C@H]2OC(=O)[C@@]3(C)[C@@H]4CC[C@H]5C(C)(C)C(=O)C=C[C@@]56C[C@@]46CC[C@]3(C)[C@H]21. The molecule has 2 heterocycles. The Kier molecular flexibility index (Phi) is 4.90. The van der Waals surface area contributed by atoms with Gasteiger partial charge in [0.15, 0.2) is 5.78 Å². The molecule has 5 fully saturated rings. The minimum absolute atomic E-state index is 0.0192. The van der Waals surface area contributed by atoms with Crippen LogP contribution in [0.5, 0.6) is 0 Å². The van der Waals surface area contributed by atoms with Crippen molar-refractivity contribution in [1.29, 1.82) is 0 Å². The van der Waals surface area contributed by atoms with Gasteiger partial charge in [-0.25, -0.2) is 0 Å². The first kappa shape index (κ1) is 25.1. The summed E-state index contributed by atoms with van der Waals surface area (Å²) in [5.41, 5.74) is -2.49. The second-order valence-corrected chi connectivity index (χ2v) is 14.9. The van der Waals surface area contributed by atoms with Crippen molar-refractivity contribution in [3.63, 3.8) is 0 Å². The van der Waals surface area contributed by atoms with Gasteiger partial charge >= 0.3 is 5.97 Å². The zero-order valence-corrected chi connectivity index (χ0v) is 23.0. The molecule has 3 saturated carbocycles. The Labute approximate surface area is 215 Å². The van der Waals surface area contributed by atoms with Crippen molar-refractivity contribution >= 4 is 11.8 Å². The van der Waals surface area contributed by atoms with Crippen LogP contribution in [0.15, 0.2) is 12.2 Å². The summed E-state index contributed by atoms with van der Waals surface area (Å²) in [5, 5.41) is 21.1. The standard InChI is InChI=1S/C30H44O6/c1-16-14-17(22(32)26(4,5)34)35-23-21(16)27(6)12-13-30-15-29(30)11-10-20(31)25(2,3)18(29)8-9-19(30)28(27,7)24(33)36-23/h10-11,16-19,21-23,32,34H,8-9,12-15H2,1-7H3/t16-,17-,18+,19+,21+,22+,23+,27-,28-,29-,30+/m1/s1. The highest BCUT2D eigenvalue weighted by atomic mass is 16.7. The fourth-order valence-corrected chi connectivity index (χ4v) is 10.6.